The molecular weight excluding hydrogens is 392 g/mol. The summed E-state index contributed by atoms with van der Waals surface area (Å²) in [6.07, 6.45) is 0.985. The molecule has 2 rings (SSSR count). The van der Waals surface area contributed by atoms with Crippen molar-refractivity contribution in [1.29, 1.82) is 0 Å². The highest BCUT2D eigenvalue weighted by molar-refractivity contribution is 6.30. The van der Waals surface area contributed by atoms with Crippen molar-refractivity contribution in [3.63, 3.8) is 0 Å². The van der Waals surface area contributed by atoms with E-state index in [0.29, 0.717) is 37.6 Å². The minimum atomic E-state index is -1.07. The third-order valence-corrected chi connectivity index (χ3v) is 6.26. The highest BCUT2D eigenvalue weighted by Crippen LogP contribution is 2.46. The molecular formula is C22H34ClN2O4-. The number of hydrogen-bond acceptors (Lipinski definition) is 5. The Bertz CT molecular complexity index is 680. The molecule has 1 aromatic carbocycles. The Labute approximate surface area is 179 Å². The number of amides is 1. The molecule has 1 fully saturated rings. The van der Waals surface area contributed by atoms with Crippen molar-refractivity contribution in [3.05, 3.63) is 40.1 Å². The standard InChI is InChI=1S/C22H34ClN2O4/c1-16(2)19(25(28)12-6-14-29-5)20(26)24-13-11-22(27,21(3,4)15-24)17-7-9-18(23)10-8-17/h7-10,16,19,27H,6,11-15H2,1-5H3/q-1/t19-,22+/m1/s1. The molecule has 0 unspecified atom stereocenters. The normalized spacial score (nSPS) is 22.9. The lowest BCUT2D eigenvalue weighted by Gasteiger charge is -2.52. The second-order valence-electron chi connectivity index (χ2n) is 8.94. The lowest BCUT2D eigenvalue weighted by molar-refractivity contribution is -0.158. The summed E-state index contributed by atoms with van der Waals surface area (Å²) >= 11 is 5.99. The van der Waals surface area contributed by atoms with Gasteiger partial charge in [0.2, 0.25) is 5.91 Å². The molecule has 0 bridgehead atoms. The molecule has 1 aromatic rings. The number of carbonyl (C=O) groups is 1. The number of nitrogens with zero attached hydrogens (tertiary/aromatic N) is 2. The van der Waals surface area contributed by atoms with Crippen LogP contribution in [0.15, 0.2) is 24.3 Å². The van der Waals surface area contributed by atoms with Gasteiger partial charge in [-0.25, -0.2) is 0 Å². The zero-order valence-electron chi connectivity index (χ0n) is 18.2. The summed E-state index contributed by atoms with van der Waals surface area (Å²) in [5.74, 6) is -0.276. The number of benzene rings is 1. The van der Waals surface area contributed by atoms with Gasteiger partial charge < -0.3 is 25.0 Å². The number of ether oxygens (including phenoxy) is 1. The fourth-order valence-electron chi connectivity index (χ4n) is 4.20. The summed E-state index contributed by atoms with van der Waals surface area (Å²) in [6, 6.07) is 6.49. The minimum absolute atomic E-state index is 0.109. The predicted molar refractivity (Wildman–Crippen MR) is 116 cm³/mol. The number of hydroxylamine groups is 2. The van der Waals surface area contributed by atoms with Crippen molar-refractivity contribution in [2.24, 2.45) is 11.3 Å². The number of piperidine rings is 1. The topological polar surface area (TPSA) is 76.1 Å². The number of hydrogen-bond donors (Lipinski definition) is 1. The van der Waals surface area contributed by atoms with E-state index in [9.17, 15) is 15.1 Å². The number of likely N-dealkylation sites (tertiary alicyclic amines) is 1. The molecule has 164 valence electrons. The molecule has 0 radical (unpaired) electrons. The molecule has 2 atom stereocenters. The van der Waals surface area contributed by atoms with Crippen LogP contribution in [0, 0.1) is 16.5 Å². The largest absolute Gasteiger partial charge is 0.785 e. The highest BCUT2D eigenvalue weighted by Gasteiger charge is 2.50. The van der Waals surface area contributed by atoms with Crippen LogP contribution in [0.5, 0.6) is 0 Å². The zero-order valence-corrected chi connectivity index (χ0v) is 18.9. The number of carbonyl (C=O) groups excluding carboxylic acids is 1. The molecule has 0 spiro atoms. The molecule has 1 aliphatic heterocycles. The molecule has 29 heavy (non-hydrogen) atoms. The van der Waals surface area contributed by atoms with E-state index in [-0.39, 0.29) is 18.4 Å². The van der Waals surface area contributed by atoms with Gasteiger partial charge >= 0.3 is 0 Å². The van der Waals surface area contributed by atoms with Crippen LogP contribution < -0.4 is 0 Å². The second-order valence-corrected chi connectivity index (χ2v) is 9.37. The van der Waals surface area contributed by atoms with Gasteiger partial charge in [-0.05, 0) is 43.0 Å². The Hall–Kier alpha value is -1.18. The monoisotopic (exact) mass is 425 g/mol. The van der Waals surface area contributed by atoms with Crippen LogP contribution in [-0.4, -0.2) is 60.4 Å². The molecule has 1 heterocycles. The van der Waals surface area contributed by atoms with Gasteiger partial charge in [0.05, 0.1) is 11.6 Å². The Balaban J connectivity index is 2.16. The van der Waals surface area contributed by atoms with Crippen molar-refractivity contribution >= 4 is 17.5 Å². The van der Waals surface area contributed by atoms with Gasteiger partial charge in [0, 0.05) is 37.2 Å². The SMILES string of the molecule is COCCCN([O-])[C@@H](C(=O)N1CC[C@](O)(c2ccc(Cl)cc2)C(C)(C)C1)C(C)C. The van der Waals surface area contributed by atoms with Crippen molar-refractivity contribution in [3.8, 4) is 0 Å². The maximum absolute atomic E-state index is 13.2. The summed E-state index contributed by atoms with van der Waals surface area (Å²) in [6.45, 7) is 9.22. The first-order valence-corrected chi connectivity index (χ1v) is 10.6. The molecule has 0 aliphatic carbocycles. The first-order valence-electron chi connectivity index (χ1n) is 10.2. The Morgan fingerprint density at radius 2 is 1.97 bits per heavy atom. The molecule has 1 amide bonds. The number of aliphatic hydroxyl groups is 1. The van der Waals surface area contributed by atoms with E-state index in [4.69, 9.17) is 16.3 Å². The van der Waals surface area contributed by atoms with Gasteiger partial charge in [0.15, 0.2) is 0 Å². The Morgan fingerprint density at radius 3 is 2.48 bits per heavy atom. The molecule has 0 aromatic heterocycles. The lowest BCUT2D eigenvalue weighted by Crippen LogP contribution is -2.60. The van der Waals surface area contributed by atoms with Crippen molar-refractivity contribution in [2.75, 3.05) is 33.4 Å². The molecule has 1 saturated heterocycles. The van der Waals surface area contributed by atoms with Gasteiger partial charge in [-0.3, -0.25) is 4.79 Å². The van der Waals surface area contributed by atoms with E-state index >= 15 is 0 Å². The van der Waals surface area contributed by atoms with Gasteiger partial charge in [0.1, 0.15) is 0 Å². The van der Waals surface area contributed by atoms with Crippen LogP contribution in [0.3, 0.4) is 0 Å². The van der Waals surface area contributed by atoms with Crippen LogP contribution in [-0.2, 0) is 15.1 Å². The first-order chi connectivity index (χ1) is 13.5. The lowest BCUT2D eigenvalue weighted by atomic mass is 9.66. The fourth-order valence-corrected chi connectivity index (χ4v) is 4.33. The van der Waals surface area contributed by atoms with Crippen LogP contribution in [0.2, 0.25) is 5.02 Å². The van der Waals surface area contributed by atoms with E-state index in [1.807, 2.05) is 39.8 Å². The van der Waals surface area contributed by atoms with Gasteiger partial charge in [0.25, 0.3) is 0 Å². The summed E-state index contributed by atoms with van der Waals surface area (Å²) in [5.41, 5.74) is -0.860. The number of halogens is 1. The first kappa shape index (κ1) is 24.1. The van der Waals surface area contributed by atoms with Crippen LogP contribution in [0.25, 0.3) is 0 Å². The summed E-state index contributed by atoms with van der Waals surface area (Å²) < 4.78 is 5.01. The van der Waals surface area contributed by atoms with E-state index in [1.165, 1.54) is 0 Å². The fraction of sp³-hybridized carbons (Fsp3) is 0.682. The molecule has 1 aliphatic rings. The molecule has 7 heteroatoms. The molecule has 6 nitrogen and oxygen atoms in total. The van der Waals surface area contributed by atoms with E-state index in [2.05, 4.69) is 0 Å². The average molecular weight is 426 g/mol. The van der Waals surface area contributed by atoms with E-state index < -0.39 is 17.1 Å². The van der Waals surface area contributed by atoms with E-state index in [1.54, 1.807) is 24.1 Å². The van der Waals surface area contributed by atoms with Crippen molar-refractivity contribution in [2.45, 2.75) is 52.2 Å². The average Bonchev–Trinajstić information content (AvgIpc) is 2.64. The summed E-state index contributed by atoms with van der Waals surface area (Å²) in [4.78, 5) is 15.0. The van der Waals surface area contributed by atoms with Crippen LogP contribution in [0.4, 0.5) is 0 Å². The third kappa shape index (κ3) is 5.30. The highest BCUT2D eigenvalue weighted by atomic mass is 35.5. The second kappa shape index (κ2) is 9.75. The van der Waals surface area contributed by atoms with Crippen molar-refractivity contribution in [1.82, 2.24) is 9.96 Å². The smallest absolute Gasteiger partial charge is 0.239 e. The van der Waals surface area contributed by atoms with Gasteiger partial charge in [-0.15, -0.1) is 0 Å². The Kier molecular flexibility index (Phi) is 8.10. The minimum Gasteiger partial charge on any atom is -0.785 e. The predicted octanol–water partition coefficient (Wildman–Crippen LogP) is 3.65. The van der Waals surface area contributed by atoms with Crippen LogP contribution >= 0.6 is 11.6 Å². The third-order valence-electron chi connectivity index (χ3n) is 6.00. The van der Waals surface area contributed by atoms with Crippen LogP contribution in [0.1, 0.15) is 46.1 Å². The maximum atomic E-state index is 13.2. The zero-order chi connectivity index (χ0) is 21.8. The molecule has 0 saturated carbocycles. The summed E-state index contributed by atoms with van der Waals surface area (Å²) in [7, 11) is 1.60. The van der Waals surface area contributed by atoms with Gasteiger partial charge in [-0.2, -0.15) is 0 Å². The molecule has 1 N–H and O–H groups in total. The van der Waals surface area contributed by atoms with Gasteiger partial charge in [-0.1, -0.05) is 51.4 Å². The number of methoxy groups -OCH3 is 1. The van der Waals surface area contributed by atoms with Crippen molar-refractivity contribution < 1.29 is 14.6 Å². The summed E-state index contributed by atoms with van der Waals surface area (Å²) in [5, 5.41) is 25.6. The maximum Gasteiger partial charge on any atom is 0.239 e. The number of rotatable bonds is 8. The Morgan fingerprint density at radius 1 is 1.34 bits per heavy atom. The van der Waals surface area contributed by atoms with E-state index in [0.717, 1.165) is 10.6 Å². The quantitative estimate of drug-likeness (QED) is 0.508.